The van der Waals surface area contributed by atoms with Crippen LogP contribution >= 0.6 is 15.9 Å². The molecule has 1 N–H and O–H groups in total. The molecule has 1 aromatic heterocycles. The third kappa shape index (κ3) is 2.70. The quantitative estimate of drug-likeness (QED) is 0.664. The van der Waals surface area contributed by atoms with Crippen molar-refractivity contribution in [2.45, 2.75) is 13.0 Å². The molecule has 0 amide bonds. The average Bonchev–Trinajstić information content (AvgIpc) is 2.20. The van der Waals surface area contributed by atoms with E-state index in [0.29, 0.717) is 4.60 Å². The van der Waals surface area contributed by atoms with Gasteiger partial charge in [-0.3, -0.25) is 0 Å². The van der Waals surface area contributed by atoms with Gasteiger partial charge in [-0.2, -0.15) is 0 Å². The maximum absolute atomic E-state index is 11.1. The van der Waals surface area contributed by atoms with Crippen LogP contribution in [0.25, 0.3) is 0 Å². The third-order valence-electron chi connectivity index (χ3n) is 1.69. The van der Waals surface area contributed by atoms with E-state index >= 15 is 0 Å². The van der Waals surface area contributed by atoms with E-state index in [1.165, 1.54) is 7.11 Å². The lowest BCUT2D eigenvalue weighted by Crippen LogP contribution is -2.27. The van der Waals surface area contributed by atoms with Crippen LogP contribution in [0.1, 0.15) is 6.92 Å². The summed E-state index contributed by atoms with van der Waals surface area (Å²) in [6, 6.07) is 3.23. The first kappa shape index (κ1) is 11.0. The molecule has 0 fully saturated rings. The number of pyridine rings is 1. The summed E-state index contributed by atoms with van der Waals surface area (Å²) in [4.78, 5) is 15.1. The van der Waals surface area contributed by atoms with E-state index in [9.17, 15) is 4.79 Å². The van der Waals surface area contributed by atoms with Gasteiger partial charge >= 0.3 is 5.97 Å². The maximum atomic E-state index is 11.1. The van der Waals surface area contributed by atoms with Crippen molar-refractivity contribution >= 4 is 27.6 Å². The Hall–Kier alpha value is -1.10. The third-order valence-corrected chi connectivity index (χ3v) is 2.32. The van der Waals surface area contributed by atoms with E-state index in [4.69, 9.17) is 0 Å². The molecule has 0 saturated carbocycles. The van der Waals surface area contributed by atoms with Crippen LogP contribution in [0.3, 0.4) is 0 Å². The highest BCUT2D eigenvalue weighted by atomic mass is 79.9. The molecule has 1 aromatic rings. The summed E-state index contributed by atoms with van der Waals surface area (Å²) in [5.74, 6) is -0.305. The molecule has 0 radical (unpaired) electrons. The molecule has 0 spiro atoms. The van der Waals surface area contributed by atoms with Gasteiger partial charge in [0.05, 0.1) is 12.8 Å². The van der Waals surface area contributed by atoms with E-state index in [1.807, 2.05) is 6.07 Å². The lowest BCUT2D eigenvalue weighted by Gasteiger charge is -2.13. The second-order valence-corrected chi connectivity index (χ2v) is 3.48. The number of rotatable bonds is 3. The van der Waals surface area contributed by atoms with Crippen molar-refractivity contribution in [2.24, 2.45) is 0 Å². The van der Waals surface area contributed by atoms with Crippen LogP contribution in [0.2, 0.25) is 0 Å². The second kappa shape index (κ2) is 4.95. The Bertz CT molecular complexity index is 330. The second-order valence-electron chi connectivity index (χ2n) is 2.73. The van der Waals surface area contributed by atoms with E-state index in [1.54, 1.807) is 19.2 Å². The monoisotopic (exact) mass is 258 g/mol. The molecule has 0 bridgehead atoms. The zero-order valence-corrected chi connectivity index (χ0v) is 9.54. The first-order chi connectivity index (χ1) is 6.65. The highest BCUT2D eigenvalue weighted by molar-refractivity contribution is 9.10. The highest BCUT2D eigenvalue weighted by Crippen LogP contribution is 2.19. The van der Waals surface area contributed by atoms with Crippen molar-refractivity contribution in [3.05, 3.63) is 22.9 Å². The SMILES string of the molecule is COC(=O)C(C)Nc1cccnc1Br. The number of halogens is 1. The van der Waals surface area contributed by atoms with Crippen molar-refractivity contribution in [3.63, 3.8) is 0 Å². The summed E-state index contributed by atoms with van der Waals surface area (Å²) in [7, 11) is 1.36. The molecule has 1 atom stereocenters. The zero-order valence-electron chi connectivity index (χ0n) is 7.95. The fourth-order valence-electron chi connectivity index (χ4n) is 0.963. The average molecular weight is 259 g/mol. The zero-order chi connectivity index (χ0) is 10.6. The Kier molecular flexibility index (Phi) is 3.88. The summed E-state index contributed by atoms with van der Waals surface area (Å²) in [6.45, 7) is 1.73. The Balaban J connectivity index is 2.69. The normalized spacial score (nSPS) is 11.9. The fourth-order valence-corrected chi connectivity index (χ4v) is 1.33. The molecule has 5 heteroatoms. The number of carbonyl (C=O) groups is 1. The van der Waals surface area contributed by atoms with Crippen molar-refractivity contribution in [1.82, 2.24) is 4.98 Å². The van der Waals surface area contributed by atoms with Gasteiger partial charge in [-0.05, 0) is 35.0 Å². The van der Waals surface area contributed by atoms with Gasteiger partial charge in [-0.15, -0.1) is 0 Å². The Morgan fingerprint density at radius 3 is 3.00 bits per heavy atom. The van der Waals surface area contributed by atoms with Gasteiger partial charge in [-0.1, -0.05) is 0 Å². The minimum atomic E-state index is -0.388. The first-order valence-electron chi connectivity index (χ1n) is 4.10. The number of anilines is 1. The molecule has 0 aliphatic heterocycles. The summed E-state index contributed by atoms with van der Waals surface area (Å²) < 4.78 is 5.26. The van der Waals surface area contributed by atoms with Gasteiger partial charge in [0.2, 0.25) is 0 Å². The van der Waals surface area contributed by atoms with Gasteiger partial charge in [0.15, 0.2) is 0 Å². The Morgan fingerprint density at radius 2 is 2.43 bits per heavy atom. The van der Waals surface area contributed by atoms with Gasteiger partial charge in [-0.25, -0.2) is 9.78 Å². The molecule has 0 aromatic carbocycles. The van der Waals surface area contributed by atoms with Crippen LogP contribution in [0.5, 0.6) is 0 Å². The Labute approximate surface area is 90.8 Å². The van der Waals surface area contributed by atoms with Crippen molar-refractivity contribution in [2.75, 3.05) is 12.4 Å². The van der Waals surface area contributed by atoms with Gasteiger partial charge in [0.25, 0.3) is 0 Å². The van der Waals surface area contributed by atoms with Crippen LogP contribution < -0.4 is 5.32 Å². The number of ether oxygens (including phenoxy) is 1. The van der Waals surface area contributed by atoms with E-state index in [-0.39, 0.29) is 12.0 Å². The number of aromatic nitrogens is 1. The van der Waals surface area contributed by atoms with Crippen molar-refractivity contribution < 1.29 is 9.53 Å². The topological polar surface area (TPSA) is 51.2 Å². The molecule has 0 aliphatic carbocycles. The molecule has 76 valence electrons. The lowest BCUT2D eigenvalue weighted by atomic mass is 10.3. The molecule has 1 rings (SSSR count). The predicted octanol–water partition coefficient (Wildman–Crippen LogP) is 1.82. The number of esters is 1. The first-order valence-corrected chi connectivity index (χ1v) is 4.89. The maximum Gasteiger partial charge on any atom is 0.327 e. The number of hydrogen-bond donors (Lipinski definition) is 1. The predicted molar refractivity (Wildman–Crippen MR) is 57.0 cm³/mol. The number of carbonyl (C=O) groups excluding carboxylic acids is 1. The molecular formula is C9H11BrN2O2. The largest absolute Gasteiger partial charge is 0.467 e. The van der Waals surface area contributed by atoms with Crippen LogP contribution in [-0.2, 0) is 9.53 Å². The number of hydrogen-bond acceptors (Lipinski definition) is 4. The van der Waals surface area contributed by atoms with E-state index < -0.39 is 0 Å². The van der Waals surface area contributed by atoms with E-state index in [0.717, 1.165) is 5.69 Å². The standard InChI is InChI=1S/C9H11BrN2O2/c1-6(9(13)14-2)12-7-4-3-5-11-8(7)10/h3-6,12H,1-2H3. The van der Waals surface area contributed by atoms with Crippen molar-refractivity contribution in [1.29, 1.82) is 0 Å². The molecule has 14 heavy (non-hydrogen) atoms. The van der Waals surface area contributed by atoms with Crippen LogP contribution in [-0.4, -0.2) is 24.1 Å². The summed E-state index contributed by atoms with van der Waals surface area (Å²) in [6.07, 6.45) is 1.66. The van der Waals surface area contributed by atoms with Gasteiger partial charge < -0.3 is 10.1 Å². The smallest absolute Gasteiger partial charge is 0.327 e. The lowest BCUT2D eigenvalue weighted by molar-refractivity contribution is -0.141. The molecule has 1 unspecified atom stereocenters. The Morgan fingerprint density at radius 1 is 1.71 bits per heavy atom. The number of nitrogens with one attached hydrogen (secondary N) is 1. The number of methoxy groups -OCH3 is 1. The van der Waals surface area contributed by atoms with Gasteiger partial charge in [0.1, 0.15) is 10.6 Å². The highest BCUT2D eigenvalue weighted by Gasteiger charge is 2.13. The van der Waals surface area contributed by atoms with E-state index in [2.05, 4.69) is 31.0 Å². The van der Waals surface area contributed by atoms with Crippen LogP contribution in [0.15, 0.2) is 22.9 Å². The van der Waals surface area contributed by atoms with Crippen LogP contribution in [0, 0.1) is 0 Å². The van der Waals surface area contributed by atoms with Crippen molar-refractivity contribution in [3.8, 4) is 0 Å². The fraction of sp³-hybridized carbons (Fsp3) is 0.333. The molecule has 0 saturated heterocycles. The summed E-state index contributed by atoms with van der Waals surface area (Å²) >= 11 is 3.27. The van der Waals surface area contributed by atoms with Gasteiger partial charge in [0, 0.05) is 6.20 Å². The minimum Gasteiger partial charge on any atom is -0.467 e. The number of nitrogens with zero attached hydrogens (tertiary/aromatic N) is 1. The molecular weight excluding hydrogens is 248 g/mol. The van der Waals surface area contributed by atoms with Crippen LogP contribution in [0.4, 0.5) is 5.69 Å². The minimum absolute atomic E-state index is 0.305. The molecule has 4 nitrogen and oxygen atoms in total. The summed E-state index contributed by atoms with van der Waals surface area (Å²) in [5.41, 5.74) is 0.769. The molecule has 0 aliphatic rings. The summed E-state index contributed by atoms with van der Waals surface area (Å²) in [5, 5.41) is 2.98. The molecule has 1 heterocycles.